The fourth-order valence-electron chi connectivity index (χ4n) is 1.000. The Labute approximate surface area is 73.9 Å². The van der Waals surface area contributed by atoms with Crippen molar-refractivity contribution in [2.75, 3.05) is 5.73 Å². The number of rotatable bonds is 2. The molecule has 2 rings (SSSR count). The van der Waals surface area contributed by atoms with E-state index in [2.05, 4.69) is 15.2 Å². The molecular weight excluding hydrogens is 170 g/mol. The van der Waals surface area contributed by atoms with E-state index in [9.17, 15) is 0 Å². The molecule has 0 fully saturated rings. The molecule has 0 amide bonds. The van der Waals surface area contributed by atoms with Gasteiger partial charge < -0.3 is 15.9 Å². The maximum Gasteiger partial charge on any atom is 0.239 e. The molecule has 2 aromatic rings. The molecule has 0 atom stereocenters. The van der Waals surface area contributed by atoms with Crippen LogP contribution in [0.25, 0.3) is 11.6 Å². The van der Waals surface area contributed by atoms with Gasteiger partial charge in [0.1, 0.15) is 5.76 Å². The van der Waals surface area contributed by atoms with Crippen molar-refractivity contribution >= 4 is 5.95 Å². The third kappa shape index (κ3) is 1.38. The molecular formula is C7H9N5O. The molecule has 0 aliphatic carbocycles. The molecule has 0 aliphatic rings. The lowest BCUT2D eigenvalue weighted by Gasteiger charge is -1.88. The number of aromatic amines is 1. The van der Waals surface area contributed by atoms with Crippen molar-refractivity contribution < 1.29 is 4.42 Å². The van der Waals surface area contributed by atoms with Crippen molar-refractivity contribution in [3.05, 3.63) is 17.9 Å². The maximum absolute atomic E-state index is 5.38. The molecule has 68 valence electrons. The first kappa shape index (κ1) is 7.81. The average molecular weight is 179 g/mol. The van der Waals surface area contributed by atoms with Gasteiger partial charge in [-0.3, -0.25) is 5.10 Å². The number of nitrogens with zero attached hydrogens (tertiary/aromatic N) is 2. The van der Waals surface area contributed by atoms with Crippen molar-refractivity contribution in [2.24, 2.45) is 5.73 Å². The number of hydrogen-bond donors (Lipinski definition) is 3. The van der Waals surface area contributed by atoms with Crippen LogP contribution in [-0.2, 0) is 6.54 Å². The van der Waals surface area contributed by atoms with E-state index in [1.54, 1.807) is 12.1 Å². The van der Waals surface area contributed by atoms with Gasteiger partial charge in [-0.25, -0.2) is 0 Å². The molecule has 0 aromatic carbocycles. The van der Waals surface area contributed by atoms with E-state index < -0.39 is 0 Å². The van der Waals surface area contributed by atoms with E-state index in [0.717, 1.165) is 0 Å². The van der Waals surface area contributed by atoms with E-state index in [-0.39, 0.29) is 5.95 Å². The quantitative estimate of drug-likeness (QED) is 0.606. The third-order valence-electron chi connectivity index (χ3n) is 1.60. The topological polar surface area (TPSA) is 107 Å². The zero-order chi connectivity index (χ0) is 9.26. The summed E-state index contributed by atoms with van der Waals surface area (Å²) in [6.07, 6.45) is 0. The van der Waals surface area contributed by atoms with Gasteiger partial charge >= 0.3 is 0 Å². The van der Waals surface area contributed by atoms with Gasteiger partial charge in [-0.15, -0.1) is 5.10 Å². The van der Waals surface area contributed by atoms with E-state index in [1.807, 2.05) is 0 Å². The minimum atomic E-state index is 0.195. The standard InChI is InChI=1S/C7H9N5O/c8-3-4-1-2-5(13-4)6-10-7(9)12-11-6/h1-2H,3,8H2,(H3,9,10,11,12). The first-order valence-corrected chi connectivity index (χ1v) is 3.76. The maximum atomic E-state index is 5.38. The van der Waals surface area contributed by atoms with Crippen LogP contribution >= 0.6 is 0 Å². The number of furan rings is 1. The predicted molar refractivity (Wildman–Crippen MR) is 46.4 cm³/mol. The summed E-state index contributed by atoms with van der Waals surface area (Å²) >= 11 is 0. The zero-order valence-electron chi connectivity index (χ0n) is 6.82. The highest BCUT2D eigenvalue weighted by molar-refractivity contribution is 5.48. The molecule has 0 saturated carbocycles. The van der Waals surface area contributed by atoms with Crippen LogP contribution in [0, 0.1) is 0 Å². The lowest BCUT2D eigenvalue weighted by Crippen LogP contribution is -1.92. The van der Waals surface area contributed by atoms with Gasteiger partial charge in [0.25, 0.3) is 0 Å². The summed E-state index contributed by atoms with van der Waals surface area (Å²) in [6.45, 7) is 0.365. The number of anilines is 1. The van der Waals surface area contributed by atoms with Gasteiger partial charge in [0.2, 0.25) is 5.95 Å². The summed E-state index contributed by atoms with van der Waals surface area (Å²) < 4.78 is 5.32. The largest absolute Gasteiger partial charge is 0.456 e. The fourth-order valence-corrected chi connectivity index (χ4v) is 1.000. The molecule has 2 heterocycles. The van der Waals surface area contributed by atoms with Crippen molar-refractivity contribution in [3.63, 3.8) is 0 Å². The monoisotopic (exact) mass is 179 g/mol. The predicted octanol–water partition coefficient (Wildman–Crippen LogP) is 0.106. The molecule has 0 aliphatic heterocycles. The highest BCUT2D eigenvalue weighted by Gasteiger charge is 2.07. The van der Waals surface area contributed by atoms with Crippen LogP contribution in [0.15, 0.2) is 16.5 Å². The van der Waals surface area contributed by atoms with Gasteiger partial charge in [0, 0.05) is 0 Å². The summed E-state index contributed by atoms with van der Waals surface area (Å²) in [6, 6.07) is 3.55. The minimum Gasteiger partial charge on any atom is -0.456 e. The number of hydrogen-bond acceptors (Lipinski definition) is 5. The van der Waals surface area contributed by atoms with E-state index in [0.29, 0.717) is 23.9 Å². The summed E-state index contributed by atoms with van der Waals surface area (Å²) in [5, 5.41) is 6.32. The third-order valence-corrected chi connectivity index (χ3v) is 1.60. The molecule has 2 aromatic heterocycles. The summed E-state index contributed by atoms with van der Waals surface area (Å²) in [7, 11) is 0. The van der Waals surface area contributed by atoms with Crippen LogP contribution in [0.3, 0.4) is 0 Å². The van der Waals surface area contributed by atoms with Crippen molar-refractivity contribution in [3.8, 4) is 11.6 Å². The number of H-pyrrole nitrogens is 1. The fraction of sp³-hybridized carbons (Fsp3) is 0.143. The molecule has 6 heteroatoms. The molecule has 0 saturated heterocycles. The van der Waals surface area contributed by atoms with Crippen LogP contribution in [-0.4, -0.2) is 15.2 Å². The smallest absolute Gasteiger partial charge is 0.239 e. The Morgan fingerprint density at radius 3 is 2.85 bits per heavy atom. The lowest BCUT2D eigenvalue weighted by molar-refractivity contribution is 0.522. The molecule has 0 unspecified atom stereocenters. The van der Waals surface area contributed by atoms with Crippen molar-refractivity contribution in [1.29, 1.82) is 0 Å². The van der Waals surface area contributed by atoms with Gasteiger partial charge in [0.05, 0.1) is 6.54 Å². The van der Waals surface area contributed by atoms with Crippen molar-refractivity contribution in [2.45, 2.75) is 6.54 Å². The molecule has 13 heavy (non-hydrogen) atoms. The van der Waals surface area contributed by atoms with Crippen LogP contribution in [0.4, 0.5) is 5.95 Å². The van der Waals surface area contributed by atoms with Crippen LogP contribution in [0.1, 0.15) is 5.76 Å². The van der Waals surface area contributed by atoms with Gasteiger partial charge in [-0.05, 0) is 12.1 Å². The first-order chi connectivity index (χ1) is 6.29. The average Bonchev–Trinajstić information content (AvgIpc) is 2.71. The Balaban J connectivity index is 2.35. The Morgan fingerprint density at radius 2 is 2.31 bits per heavy atom. The van der Waals surface area contributed by atoms with Crippen LogP contribution in [0.2, 0.25) is 0 Å². The SMILES string of the molecule is NCc1ccc(-c2nc(N)n[nH]2)o1. The van der Waals surface area contributed by atoms with E-state index in [4.69, 9.17) is 15.9 Å². The number of nitrogens with one attached hydrogen (secondary N) is 1. The molecule has 0 bridgehead atoms. The highest BCUT2D eigenvalue weighted by atomic mass is 16.3. The second kappa shape index (κ2) is 2.91. The van der Waals surface area contributed by atoms with E-state index in [1.165, 1.54) is 0 Å². The lowest BCUT2D eigenvalue weighted by atomic mass is 10.4. The second-order valence-electron chi connectivity index (χ2n) is 2.51. The second-order valence-corrected chi connectivity index (χ2v) is 2.51. The van der Waals surface area contributed by atoms with Gasteiger partial charge in [-0.2, -0.15) is 4.98 Å². The molecule has 5 N–H and O–H groups in total. The number of nitrogen functional groups attached to an aromatic ring is 1. The first-order valence-electron chi connectivity index (χ1n) is 3.76. The number of nitrogens with two attached hydrogens (primary N) is 2. The Bertz CT molecular complexity index is 404. The Hall–Kier alpha value is -1.82. The van der Waals surface area contributed by atoms with Gasteiger partial charge in [-0.1, -0.05) is 0 Å². The van der Waals surface area contributed by atoms with E-state index >= 15 is 0 Å². The van der Waals surface area contributed by atoms with Crippen LogP contribution < -0.4 is 11.5 Å². The summed E-state index contributed by atoms with van der Waals surface area (Å²) in [5.41, 5.74) is 10.7. The summed E-state index contributed by atoms with van der Waals surface area (Å²) in [4.78, 5) is 3.91. The minimum absolute atomic E-state index is 0.195. The zero-order valence-corrected chi connectivity index (χ0v) is 6.82. The Kier molecular flexibility index (Phi) is 1.75. The molecule has 6 nitrogen and oxygen atoms in total. The molecule has 0 spiro atoms. The highest BCUT2D eigenvalue weighted by Crippen LogP contribution is 2.17. The van der Waals surface area contributed by atoms with Gasteiger partial charge in [0.15, 0.2) is 11.6 Å². The number of aromatic nitrogens is 3. The Morgan fingerprint density at radius 1 is 1.46 bits per heavy atom. The normalized spacial score (nSPS) is 10.5. The summed E-state index contributed by atoms with van der Waals surface area (Å²) in [5.74, 6) is 1.99. The molecule has 0 radical (unpaired) electrons. The van der Waals surface area contributed by atoms with Crippen molar-refractivity contribution in [1.82, 2.24) is 15.2 Å². The van der Waals surface area contributed by atoms with Crippen LogP contribution in [0.5, 0.6) is 0 Å².